The summed E-state index contributed by atoms with van der Waals surface area (Å²) >= 11 is 3.47. The van der Waals surface area contributed by atoms with E-state index in [-0.39, 0.29) is 11.6 Å². The van der Waals surface area contributed by atoms with Gasteiger partial charge in [0, 0.05) is 41.9 Å². The van der Waals surface area contributed by atoms with Crippen LogP contribution in [0.25, 0.3) is 0 Å². The van der Waals surface area contributed by atoms with E-state index < -0.39 is 0 Å². The fourth-order valence-electron chi connectivity index (χ4n) is 2.96. The molecular weight excluding hydrogens is 359 g/mol. The van der Waals surface area contributed by atoms with Crippen LogP contribution in [0.1, 0.15) is 17.3 Å². The number of anilines is 2. The number of piperazine rings is 1. The van der Waals surface area contributed by atoms with E-state index >= 15 is 0 Å². The molecule has 3 rings (SSSR count). The number of carbonyl (C=O) groups is 1. The number of benzene rings is 2. The fourth-order valence-corrected chi connectivity index (χ4v) is 3.31. The van der Waals surface area contributed by atoms with Crippen molar-refractivity contribution in [2.75, 3.05) is 36.0 Å². The highest BCUT2D eigenvalue weighted by Crippen LogP contribution is 2.28. The Balaban J connectivity index is 1.78. The predicted octanol–water partition coefficient (Wildman–Crippen LogP) is 4.12. The maximum Gasteiger partial charge on any atom is 0.161 e. The van der Waals surface area contributed by atoms with Gasteiger partial charge in [-0.05, 0) is 37.3 Å². The molecule has 0 saturated carbocycles. The zero-order valence-corrected chi connectivity index (χ0v) is 14.5. The van der Waals surface area contributed by atoms with Gasteiger partial charge in [0.1, 0.15) is 5.82 Å². The van der Waals surface area contributed by atoms with Gasteiger partial charge >= 0.3 is 0 Å². The van der Waals surface area contributed by atoms with E-state index in [1.54, 1.807) is 13.0 Å². The first-order valence-corrected chi connectivity index (χ1v) is 8.40. The Bertz CT molecular complexity index is 727. The molecule has 0 radical (unpaired) electrons. The lowest BCUT2D eigenvalue weighted by molar-refractivity contribution is 0.101. The molecule has 5 heteroatoms. The molecule has 0 spiro atoms. The molecule has 0 aromatic heterocycles. The van der Waals surface area contributed by atoms with Crippen molar-refractivity contribution in [1.29, 1.82) is 0 Å². The average Bonchev–Trinajstić information content (AvgIpc) is 2.55. The highest BCUT2D eigenvalue weighted by molar-refractivity contribution is 9.10. The Labute approximate surface area is 143 Å². The molecule has 1 fully saturated rings. The van der Waals surface area contributed by atoms with Crippen LogP contribution in [0.15, 0.2) is 46.9 Å². The summed E-state index contributed by atoms with van der Waals surface area (Å²) in [6.45, 7) is 4.55. The number of hydrogen-bond donors (Lipinski definition) is 0. The van der Waals surface area contributed by atoms with Crippen LogP contribution in [-0.2, 0) is 0 Å². The van der Waals surface area contributed by atoms with Gasteiger partial charge in [0.15, 0.2) is 5.78 Å². The second-order valence-electron chi connectivity index (χ2n) is 5.64. The Morgan fingerprint density at radius 1 is 1.00 bits per heavy atom. The summed E-state index contributed by atoms with van der Waals surface area (Å²) in [6.07, 6.45) is 0. The summed E-state index contributed by atoms with van der Waals surface area (Å²) < 4.78 is 14.9. The lowest BCUT2D eigenvalue weighted by Crippen LogP contribution is -2.47. The minimum absolute atomic E-state index is 0.0593. The van der Waals surface area contributed by atoms with Crippen molar-refractivity contribution >= 4 is 33.1 Å². The molecule has 0 bridgehead atoms. The quantitative estimate of drug-likeness (QED) is 0.752. The molecular formula is C18H18BrFN2O. The van der Waals surface area contributed by atoms with Crippen molar-refractivity contribution in [1.82, 2.24) is 0 Å². The smallest absolute Gasteiger partial charge is 0.161 e. The van der Waals surface area contributed by atoms with E-state index in [0.29, 0.717) is 5.69 Å². The number of nitrogens with zero attached hydrogens (tertiary/aromatic N) is 2. The van der Waals surface area contributed by atoms with Crippen molar-refractivity contribution in [3.63, 3.8) is 0 Å². The van der Waals surface area contributed by atoms with Crippen molar-refractivity contribution in [2.24, 2.45) is 0 Å². The summed E-state index contributed by atoms with van der Waals surface area (Å²) in [5.74, 6) is -0.128. The molecule has 0 atom stereocenters. The largest absolute Gasteiger partial charge is 0.367 e. The van der Waals surface area contributed by atoms with Gasteiger partial charge in [0.2, 0.25) is 0 Å². The third kappa shape index (κ3) is 3.39. The van der Waals surface area contributed by atoms with E-state index in [4.69, 9.17) is 0 Å². The molecule has 2 aromatic rings. The van der Waals surface area contributed by atoms with E-state index in [0.717, 1.165) is 41.9 Å². The third-order valence-corrected chi connectivity index (χ3v) is 4.65. The monoisotopic (exact) mass is 376 g/mol. The van der Waals surface area contributed by atoms with Gasteiger partial charge in [-0.25, -0.2) is 4.39 Å². The van der Waals surface area contributed by atoms with Crippen LogP contribution < -0.4 is 9.80 Å². The van der Waals surface area contributed by atoms with Gasteiger partial charge in [0.25, 0.3) is 0 Å². The molecule has 0 unspecified atom stereocenters. The summed E-state index contributed by atoms with van der Waals surface area (Å²) in [4.78, 5) is 16.1. The van der Waals surface area contributed by atoms with E-state index in [9.17, 15) is 9.18 Å². The summed E-state index contributed by atoms with van der Waals surface area (Å²) in [5.41, 5.74) is 2.32. The number of carbonyl (C=O) groups excluding carboxylic acids is 1. The number of halogens is 2. The Morgan fingerprint density at radius 3 is 2.22 bits per heavy atom. The highest BCUT2D eigenvalue weighted by atomic mass is 79.9. The molecule has 1 aliphatic heterocycles. The van der Waals surface area contributed by atoms with Crippen LogP contribution in [0, 0.1) is 5.82 Å². The molecule has 2 aromatic carbocycles. The molecule has 1 saturated heterocycles. The third-order valence-electron chi connectivity index (χ3n) is 4.15. The fraction of sp³-hybridized carbons (Fsp3) is 0.278. The van der Waals surface area contributed by atoms with Crippen molar-refractivity contribution in [3.8, 4) is 0 Å². The maximum absolute atomic E-state index is 13.9. The minimum atomic E-state index is -0.187. The molecule has 120 valence electrons. The normalized spacial score (nSPS) is 14.9. The second kappa shape index (κ2) is 6.71. The average molecular weight is 377 g/mol. The number of ketones is 1. The summed E-state index contributed by atoms with van der Waals surface area (Å²) in [5, 5.41) is 0. The van der Waals surface area contributed by atoms with Crippen LogP contribution in [0.2, 0.25) is 0 Å². The van der Waals surface area contributed by atoms with Crippen LogP contribution in [0.3, 0.4) is 0 Å². The standard InChI is InChI=1S/C18H18BrFN2O/c1-13(23)15-7-6-14(19)12-18(15)22-10-8-21(9-11-22)17-5-3-2-4-16(17)20/h2-7,12H,8-11H2,1H3. The first kappa shape index (κ1) is 16.0. The highest BCUT2D eigenvalue weighted by Gasteiger charge is 2.22. The van der Waals surface area contributed by atoms with Crippen molar-refractivity contribution in [3.05, 3.63) is 58.3 Å². The topological polar surface area (TPSA) is 23.6 Å². The first-order chi connectivity index (χ1) is 11.1. The lowest BCUT2D eigenvalue weighted by atomic mass is 10.1. The minimum Gasteiger partial charge on any atom is -0.367 e. The summed E-state index contributed by atoms with van der Waals surface area (Å²) in [6, 6.07) is 12.6. The van der Waals surface area contributed by atoms with E-state index in [1.807, 2.05) is 30.3 Å². The van der Waals surface area contributed by atoms with Crippen LogP contribution in [0.4, 0.5) is 15.8 Å². The van der Waals surface area contributed by atoms with E-state index in [1.165, 1.54) is 6.07 Å². The zero-order valence-electron chi connectivity index (χ0n) is 12.9. The van der Waals surface area contributed by atoms with E-state index in [2.05, 4.69) is 25.7 Å². The molecule has 1 heterocycles. The van der Waals surface area contributed by atoms with Gasteiger partial charge in [0.05, 0.1) is 5.69 Å². The summed E-state index contributed by atoms with van der Waals surface area (Å²) in [7, 11) is 0. The van der Waals surface area contributed by atoms with Gasteiger partial charge in [-0.1, -0.05) is 28.1 Å². The van der Waals surface area contributed by atoms with Gasteiger partial charge in [-0.3, -0.25) is 4.79 Å². The Hall–Kier alpha value is -1.88. The molecule has 1 aliphatic rings. The van der Waals surface area contributed by atoms with Crippen molar-refractivity contribution in [2.45, 2.75) is 6.92 Å². The van der Waals surface area contributed by atoms with Crippen LogP contribution in [-0.4, -0.2) is 32.0 Å². The zero-order chi connectivity index (χ0) is 16.4. The molecule has 0 aliphatic carbocycles. The SMILES string of the molecule is CC(=O)c1ccc(Br)cc1N1CCN(c2ccccc2F)CC1. The molecule has 23 heavy (non-hydrogen) atoms. The van der Waals surface area contributed by atoms with Gasteiger partial charge in [-0.15, -0.1) is 0 Å². The second-order valence-corrected chi connectivity index (χ2v) is 6.56. The number of para-hydroxylation sites is 1. The predicted molar refractivity (Wildman–Crippen MR) is 95.0 cm³/mol. The number of hydrogen-bond acceptors (Lipinski definition) is 3. The maximum atomic E-state index is 13.9. The number of Topliss-reactive ketones (excluding diaryl/α,β-unsaturated/α-hetero) is 1. The Morgan fingerprint density at radius 2 is 1.61 bits per heavy atom. The van der Waals surface area contributed by atoms with Crippen LogP contribution >= 0.6 is 15.9 Å². The molecule has 3 nitrogen and oxygen atoms in total. The lowest BCUT2D eigenvalue weighted by Gasteiger charge is -2.38. The van der Waals surface area contributed by atoms with Crippen LogP contribution in [0.5, 0.6) is 0 Å². The Kier molecular flexibility index (Phi) is 4.66. The van der Waals surface area contributed by atoms with Gasteiger partial charge < -0.3 is 9.80 Å². The molecule has 0 N–H and O–H groups in total. The first-order valence-electron chi connectivity index (χ1n) is 7.61. The molecule has 0 amide bonds. The number of rotatable bonds is 3. The van der Waals surface area contributed by atoms with Gasteiger partial charge in [-0.2, -0.15) is 0 Å². The van der Waals surface area contributed by atoms with Crippen molar-refractivity contribution < 1.29 is 9.18 Å².